The third kappa shape index (κ3) is 3.13. The molecular formula is C12H22O. The van der Waals surface area contributed by atoms with Crippen LogP contribution in [-0.2, 0) is 4.79 Å². The molecule has 0 N–H and O–H groups in total. The van der Waals surface area contributed by atoms with Gasteiger partial charge in [0.1, 0.15) is 5.78 Å². The Kier molecular flexibility index (Phi) is 3.15. The van der Waals surface area contributed by atoms with Crippen molar-refractivity contribution in [3.05, 3.63) is 0 Å². The first-order valence-electron chi connectivity index (χ1n) is 5.46. The molecule has 0 heterocycles. The molecule has 1 aliphatic carbocycles. The van der Waals surface area contributed by atoms with Gasteiger partial charge in [-0.1, -0.05) is 34.1 Å². The van der Waals surface area contributed by atoms with Gasteiger partial charge in [-0.15, -0.1) is 0 Å². The number of carbonyl (C=O) groups excluding carboxylic acids is 1. The summed E-state index contributed by atoms with van der Waals surface area (Å²) >= 11 is 0. The lowest BCUT2D eigenvalue weighted by Crippen LogP contribution is -2.06. The normalized spacial score (nSPS) is 24.8. The minimum Gasteiger partial charge on any atom is -0.299 e. The van der Waals surface area contributed by atoms with Crippen molar-refractivity contribution in [1.29, 1.82) is 0 Å². The van der Waals surface area contributed by atoms with E-state index in [9.17, 15) is 4.79 Å². The van der Waals surface area contributed by atoms with Crippen LogP contribution in [0, 0.1) is 17.3 Å². The molecule has 1 unspecified atom stereocenters. The van der Waals surface area contributed by atoms with E-state index in [-0.39, 0.29) is 0 Å². The average molecular weight is 182 g/mol. The lowest BCUT2D eigenvalue weighted by atomic mass is 10.0. The second kappa shape index (κ2) is 3.81. The third-order valence-corrected chi connectivity index (χ3v) is 3.11. The van der Waals surface area contributed by atoms with E-state index in [1.165, 1.54) is 6.42 Å². The van der Waals surface area contributed by atoms with Gasteiger partial charge in [-0.2, -0.15) is 0 Å². The van der Waals surface area contributed by atoms with Gasteiger partial charge in [-0.25, -0.2) is 0 Å². The van der Waals surface area contributed by atoms with Crippen LogP contribution in [0.1, 0.15) is 53.4 Å². The van der Waals surface area contributed by atoms with Crippen LogP contribution in [-0.4, -0.2) is 5.78 Å². The third-order valence-electron chi connectivity index (χ3n) is 3.11. The molecule has 0 aromatic carbocycles. The Morgan fingerprint density at radius 2 is 2.00 bits per heavy atom. The standard InChI is InChI=1S/C12H22O/c1-9(2)6-5-7-11(13)10-8-12(10,3)4/h9-10H,5-8H2,1-4H3. The molecule has 1 rings (SSSR count). The minimum atomic E-state index is 0.328. The van der Waals surface area contributed by atoms with Crippen LogP contribution in [0.3, 0.4) is 0 Å². The molecule has 0 aliphatic heterocycles. The van der Waals surface area contributed by atoms with E-state index in [4.69, 9.17) is 0 Å². The van der Waals surface area contributed by atoms with Gasteiger partial charge < -0.3 is 0 Å². The Morgan fingerprint density at radius 3 is 2.38 bits per heavy atom. The van der Waals surface area contributed by atoms with Crippen LogP contribution in [0.25, 0.3) is 0 Å². The summed E-state index contributed by atoms with van der Waals surface area (Å²) < 4.78 is 0. The fourth-order valence-corrected chi connectivity index (χ4v) is 1.88. The predicted molar refractivity (Wildman–Crippen MR) is 55.6 cm³/mol. The van der Waals surface area contributed by atoms with Crippen molar-refractivity contribution >= 4 is 5.78 Å². The van der Waals surface area contributed by atoms with Crippen molar-refractivity contribution in [1.82, 2.24) is 0 Å². The molecule has 0 radical (unpaired) electrons. The molecule has 76 valence electrons. The van der Waals surface area contributed by atoms with E-state index < -0.39 is 0 Å². The second-order valence-corrected chi connectivity index (χ2v) is 5.50. The smallest absolute Gasteiger partial charge is 0.136 e. The fraction of sp³-hybridized carbons (Fsp3) is 0.917. The van der Waals surface area contributed by atoms with E-state index >= 15 is 0 Å². The maximum Gasteiger partial charge on any atom is 0.136 e. The molecule has 1 heteroatoms. The summed E-state index contributed by atoms with van der Waals surface area (Å²) in [4.78, 5) is 11.6. The van der Waals surface area contributed by atoms with E-state index in [0.29, 0.717) is 17.1 Å². The Labute approximate surface area is 81.9 Å². The van der Waals surface area contributed by atoms with Crippen molar-refractivity contribution in [3.8, 4) is 0 Å². The second-order valence-electron chi connectivity index (χ2n) is 5.50. The highest BCUT2D eigenvalue weighted by Crippen LogP contribution is 2.52. The average Bonchev–Trinajstić information content (AvgIpc) is 2.59. The van der Waals surface area contributed by atoms with E-state index in [2.05, 4.69) is 27.7 Å². The zero-order chi connectivity index (χ0) is 10.1. The lowest BCUT2D eigenvalue weighted by molar-refractivity contribution is -0.121. The van der Waals surface area contributed by atoms with Crippen molar-refractivity contribution in [2.24, 2.45) is 17.3 Å². The molecule has 0 bridgehead atoms. The molecule has 13 heavy (non-hydrogen) atoms. The van der Waals surface area contributed by atoms with Gasteiger partial charge in [0, 0.05) is 12.3 Å². The number of Topliss-reactive ketones (excluding diaryl/α,β-unsaturated/α-hetero) is 1. The Bertz CT molecular complexity index is 191. The van der Waals surface area contributed by atoms with E-state index in [1.54, 1.807) is 0 Å². The Balaban J connectivity index is 2.13. The molecule has 1 nitrogen and oxygen atoms in total. The first-order valence-corrected chi connectivity index (χ1v) is 5.46. The molecule has 0 aromatic heterocycles. The van der Waals surface area contributed by atoms with Gasteiger partial charge in [0.05, 0.1) is 0 Å². The van der Waals surface area contributed by atoms with E-state index in [0.717, 1.165) is 25.2 Å². The Hall–Kier alpha value is -0.330. The van der Waals surface area contributed by atoms with Gasteiger partial charge >= 0.3 is 0 Å². The topological polar surface area (TPSA) is 17.1 Å². The first kappa shape index (κ1) is 10.7. The number of ketones is 1. The van der Waals surface area contributed by atoms with Gasteiger partial charge in [-0.3, -0.25) is 4.79 Å². The molecule has 0 amide bonds. The largest absolute Gasteiger partial charge is 0.299 e. The monoisotopic (exact) mass is 182 g/mol. The van der Waals surface area contributed by atoms with Gasteiger partial charge in [0.15, 0.2) is 0 Å². The zero-order valence-corrected chi connectivity index (χ0v) is 9.39. The van der Waals surface area contributed by atoms with Crippen LogP contribution in [0.15, 0.2) is 0 Å². The van der Waals surface area contributed by atoms with Crippen LogP contribution in [0.4, 0.5) is 0 Å². The first-order chi connectivity index (χ1) is 5.93. The van der Waals surface area contributed by atoms with Crippen LogP contribution >= 0.6 is 0 Å². The molecule has 0 spiro atoms. The highest BCUT2D eigenvalue weighted by atomic mass is 16.1. The molecule has 1 aliphatic rings. The molecule has 1 saturated carbocycles. The quantitative estimate of drug-likeness (QED) is 0.636. The van der Waals surface area contributed by atoms with Crippen LogP contribution < -0.4 is 0 Å². The summed E-state index contributed by atoms with van der Waals surface area (Å²) in [5.74, 6) is 1.63. The van der Waals surface area contributed by atoms with E-state index in [1.807, 2.05) is 0 Å². The molecular weight excluding hydrogens is 160 g/mol. The van der Waals surface area contributed by atoms with Crippen molar-refractivity contribution < 1.29 is 4.79 Å². The van der Waals surface area contributed by atoms with Crippen LogP contribution in [0.5, 0.6) is 0 Å². The summed E-state index contributed by atoms with van der Waals surface area (Å²) in [6.45, 7) is 8.81. The fourth-order valence-electron chi connectivity index (χ4n) is 1.88. The number of rotatable bonds is 5. The maximum atomic E-state index is 11.6. The molecule has 1 atom stereocenters. The highest BCUT2D eigenvalue weighted by Gasteiger charge is 2.49. The molecule has 1 fully saturated rings. The van der Waals surface area contributed by atoms with Gasteiger partial charge in [0.2, 0.25) is 0 Å². The Morgan fingerprint density at radius 1 is 1.46 bits per heavy atom. The SMILES string of the molecule is CC(C)CCCC(=O)C1CC1(C)C. The van der Waals surface area contributed by atoms with Gasteiger partial charge in [-0.05, 0) is 24.2 Å². The highest BCUT2D eigenvalue weighted by molar-refractivity contribution is 5.84. The van der Waals surface area contributed by atoms with Crippen LogP contribution in [0.2, 0.25) is 0 Å². The zero-order valence-electron chi connectivity index (χ0n) is 9.39. The predicted octanol–water partition coefficient (Wildman–Crippen LogP) is 3.43. The molecule has 0 aromatic rings. The van der Waals surface area contributed by atoms with Crippen molar-refractivity contribution in [3.63, 3.8) is 0 Å². The summed E-state index contributed by atoms with van der Waals surface area (Å²) in [5, 5.41) is 0. The minimum absolute atomic E-state index is 0.328. The van der Waals surface area contributed by atoms with Crippen molar-refractivity contribution in [2.45, 2.75) is 53.4 Å². The summed E-state index contributed by atoms with van der Waals surface area (Å²) in [6.07, 6.45) is 4.21. The lowest BCUT2D eigenvalue weighted by Gasteiger charge is -2.04. The maximum absolute atomic E-state index is 11.6. The molecule has 0 saturated heterocycles. The summed E-state index contributed by atoms with van der Waals surface area (Å²) in [6, 6.07) is 0. The number of hydrogen-bond donors (Lipinski definition) is 0. The number of hydrogen-bond acceptors (Lipinski definition) is 1. The van der Waals surface area contributed by atoms with Gasteiger partial charge in [0.25, 0.3) is 0 Å². The number of carbonyl (C=O) groups is 1. The summed E-state index contributed by atoms with van der Waals surface area (Å²) in [7, 11) is 0. The summed E-state index contributed by atoms with van der Waals surface area (Å²) in [5.41, 5.74) is 0.328. The van der Waals surface area contributed by atoms with Crippen molar-refractivity contribution in [2.75, 3.05) is 0 Å².